The lowest BCUT2D eigenvalue weighted by atomic mass is 9.96. The van der Waals surface area contributed by atoms with Crippen molar-refractivity contribution in [1.82, 2.24) is 10.6 Å². The summed E-state index contributed by atoms with van der Waals surface area (Å²) in [4.78, 5) is 12.1. The standard InChI is InChI=1S/C15H21FN2O/c1-10-8-17-9-14(10)15(19)18-11(2)7-12-3-5-13(16)6-4-12/h3-6,10-11,14,17H,7-9H2,1-2H3,(H,18,19)/t10-,11?,14-/m1/s1. The minimum Gasteiger partial charge on any atom is -0.353 e. The molecule has 0 radical (unpaired) electrons. The van der Waals surface area contributed by atoms with E-state index in [1.807, 2.05) is 6.92 Å². The molecule has 1 amide bonds. The molecule has 1 heterocycles. The minimum absolute atomic E-state index is 0.0609. The van der Waals surface area contributed by atoms with E-state index in [-0.39, 0.29) is 23.7 Å². The number of carbonyl (C=O) groups excluding carboxylic acids is 1. The second-order valence-corrected chi connectivity index (χ2v) is 5.48. The Hall–Kier alpha value is -1.42. The molecule has 2 rings (SSSR count). The Balaban J connectivity index is 1.85. The van der Waals surface area contributed by atoms with Crippen LogP contribution >= 0.6 is 0 Å². The molecule has 0 aliphatic carbocycles. The molecule has 0 saturated carbocycles. The van der Waals surface area contributed by atoms with Crippen molar-refractivity contribution in [3.63, 3.8) is 0 Å². The largest absolute Gasteiger partial charge is 0.353 e. The van der Waals surface area contributed by atoms with Gasteiger partial charge in [0.15, 0.2) is 0 Å². The molecule has 0 aromatic heterocycles. The fourth-order valence-electron chi connectivity index (χ4n) is 2.54. The summed E-state index contributed by atoms with van der Waals surface area (Å²) >= 11 is 0. The highest BCUT2D eigenvalue weighted by Gasteiger charge is 2.29. The maximum atomic E-state index is 12.8. The van der Waals surface area contributed by atoms with Crippen molar-refractivity contribution >= 4 is 5.91 Å². The minimum atomic E-state index is -0.230. The molecule has 0 bridgehead atoms. The summed E-state index contributed by atoms with van der Waals surface area (Å²) < 4.78 is 12.8. The Morgan fingerprint density at radius 3 is 2.68 bits per heavy atom. The zero-order valence-corrected chi connectivity index (χ0v) is 11.4. The molecule has 1 saturated heterocycles. The summed E-state index contributed by atoms with van der Waals surface area (Å²) in [6, 6.07) is 6.49. The van der Waals surface area contributed by atoms with Crippen molar-refractivity contribution in [2.24, 2.45) is 11.8 Å². The number of halogens is 1. The van der Waals surface area contributed by atoms with Gasteiger partial charge in [-0.2, -0.15) is 0 Å². The number of rotatable bonds is 4. The fourth-order valence-corrected chi connectivity index (χ4v) is 2.54. The summed E-state index contributed by atoms with van der Waals surface area (Å²) in [5.41, 5.74) is 1.03. The second kappa shape index (κ2) is 6.15. The van der Waals surface area contributed by atoms with Crippen LogP contribution in [0.15, 0.2) is 24.3 Å². The van der Waals surface area contributed by atoms with E-state index in [1.54, 1.807) is 12.1 Å². The molecule has 1 aromatic rings. The smallest absolute Gasteiger partial charge is 0.224 e. The number of amides is 1. The van der Waals surface area contributed by atoms with Crippen LogP contribution in [0.3, 0.4) is 0 Å². The van der Waals surface area contributed by atoms with Crippen LogP contribution < -0.4 is 10.6 Å². The Labute approximate surface area is 113 Å². The first-order valence-electron chi connectivity index (χ1n) is 6.82. The molecule has 1 aliphatic heterocycles. The highest BCUT2D eigenvalue weighted by Crippen LogP contribution is 2.16. The topological polar surface area (TPSA) is 41.1 Å². The second-order valence-electron chi connectivity index (χ2n) is 5.48. The molecule has 1 unspecified atom stereocenters. The van der Waals surface area contributed by atoms with E-state index in [2.05, 4.69) is 17.6 Å². The van der Waals surface area contributed by atoms with Gasteiger partial charge in [-0.3, -0.25) is 4.79 Å². The summed E-state index contributed by atoms with van der Waals surface area (Å²) in [7, 11) is 0. The molecule has 1 aliphatic rings. The highest BCUT2D eigenvalue weighted by molar-refractivity contribution is 5.79. The van der Waals surface area contributed by atoms with Gasteiger partial charge in [-0.1, -0.05) is 19.1 Å². The van der Waals surface area contributed by atoms with Crippen molar-refractivity contribution in [1.29, 1.82) is 0 Å². The van der Waals surface area contributed by atoms with Gasteiger partial charge in [-0.25, -0.2) is 4.39 Å². The van der Waals surface area contributed by atoms with Crippen molar-refractivity contribution < 1.29 is 9.18 Å². The lowest BCUT2D eigenvalue weighted by Gasteiger charge is -2.19. The molecule has 2 N–H and O–H groups in total. The van der Waals surface area contributed by atoms with Gasteiger partial charge in [0.25, 0.3) is 0 Å². The Kier molecular flexibility index (Phi) is 4.53. The molecule has 1 aromatic carbocycles. The first-order valence-corrected chi connectivity index (χ1v) is 6.82. The zero-order valence-electron chi connectivity index (χ0n) is 11.4. The third kappa shape index (κ3) is 3.77. The molecule has 1 fully saturated rings. The SMILES string of the molecule is CC(Cc1ccc(F)cc1)NC(=O)[C@@H]1CNC[C@H]1C. The van der Waals surface area contributed by atoms with Crippen molar-refractivity contribution in [3.05, 3.63) is 35.6 Å². The predicted molar refractivity (Wildman–Crippen MR) is 73.2 cm³/mol. The first-order chi connectivity index (χ1) is 9.06. The Bertz CT molecular complexity index is 432. The van der Waals surface area contributed by atoms with Crippen molar-refractivity contribution in [2.45, 2.75) is 26.3 Å². The number of hydrogen-bond donors (Lipinski definition) is 2. The number of carbonyl (C=O) groups is 1. The Morgan fingerprint density at radius 2 is 2.11 bits per heavy atom. The molecule has 104 valence electrons. The monoisotopic (exact) mass is 264 g/mol. The number of hydrogen-bond acceptors (Lipinski definition) is 2. The highest BCUT2D eigenvalue weighted by atomic mass is 19.1. The molecule has 3 atom stereocenters. The summed E-state index contributed by atoms with van der Waals surface area (Å²) in [5.74, 6) is 0.340. The van der Waals surface area contributed by atoms with E-state index in [0.717, 1.165) is 25.1 Å². The van der Waals surface area contributed by atoms with Crippen LogP contribution in [0.25, 0.3) is 0 Å². The van der Waals surface area contributed by atoms with Crippen LogP contribution in [0, 0.1) is 17.7 Å². The molecular formula is C15H21FN2O. The maximum absolute atomic E-state index is 12.8. The lowest BCUT2D eigenvalue weighted by Crippen LogP contribution is -2.40. The molecule has 19 heavy (non-hydrogen) atoms. The van der Waals surface area contributed by atoms with E-state index in [0.29, 0.717) is 5.92 Å². The fraction of sp³-hybridized carbons (Fsp3) is 0.533. The normalized spacial score (nSPS) is 24.2. The van der Waals surface area contributed by atoms with Gasteiger partial charge in [0.1, 0.15) is 5.82 Å². The van der Waals surface area contributed by atoms with Gasteiger partial charge in [-0.15, -0.1) is 0 Å². The van der Waals surface area contributed by atoms with Crippen LogP contribution in [0.5, 0.6) is 0 Å². The third-order valence-electron chi connectivity index (χ3n) is 3.70. The van der Waals surface area contributed by atoms with Crippen LogP contribution in [0.2, 0.25) is 0 Å². The quantitative estimate of drug-likeness (QED) is 0.869. The van der Waals surface area contributed by atoms with Gasteiger partial charge in [-0.05, 0) is 43.5 Å². The first kappa shape index (κ1) is 14.0. The van der Waals surface area contributed by atoms with Crippen LogP contribution in [0.4, 0.5) is 4.39 Å². The zero-order chi connectivity index (χ0) is 13.8. The molecule has 4 heteroatoms. The average Bonchev–Trinajstić information content (AvgIpc) is 2.78. The average molecular weight is 264 g/mol. The maximum Gasteiger partial charge on any atom is 0.224 e. The number of benzene rings is 1. The molecule has 0 spiro atoms. The third-order valence-corrected chi connectivity index (χ3v) is 3.70. The van der Waals surface area contributed by atoms with Gasteiger partial charge in [0.2, 0.25) is 5.91 Å². The number of nitrogens with one attached hydrogen (secondary N) is 2. The van der Waals surface area contributed by atoms with E-state index < -0.39 is 0 Å². The summed E-state index contributed by atoms with van der Waals surface area (Å²) in [6.07, 6.45) is 0.723. The van der Waals surface area contributed by atoms with Crippen molar-refractivity contribution in [2.75, 3.05) is 13.1 Å². The predicted octanol–water partition coefficient (Wildman–Crippen LogP) is 1.73. The Morgan fingerprint density at radius 1 is 1.42 bits per heavy atom. The van der Waals surface area contributed by atoms with Gasteiger partial charge >= 0.3 is 0 Å². The lowest BCUT2D eigenvalue weighted by molar-refractivity contribution is -0.126. The van der Waals surface area contributed by atoms with E-state index in [4.69, 9.17) is 0 Å². The summed E-state index contributed by atoms with van der Waals surface area (Å²) in [6.45, 7) is 5.74. The molecular weight excluding hydrogens is 243 g/mol. The van der Waals surface area contributed by atoms with E-state index >= 15 is 0 Å². The van der Waals surface area contributed by atoms with Gasteiger partial charge < -0.3 is 10.6 Å². The molecule has 3 nitrogen and oxygen atoms in total. The van der Waals surface area contributed by atoms with Gasteiger partial charge in [0, 0.05) is 12.6 Å². The van der Waals surface area contributed by atoms with Crippen LogP contribution in [-0.2, 0) is 11.2 Å². The van der Waals surface area contributed by atoms with Crippen LogP contribution in [-0.4, -0.2) is 25.0 Å². The van der Waals surface area contributed by atoms with Crippen LogP contribution in [0.1, 0.15) is 19.4 Å². The van der Waals surface area contributed by atoms with Gasteiger partial charge in [0.05, 0.1) is 5.92 Å². The van der Waals surface area contributed by atoms with Crippen molar-refractivity contribution in [3.8, 4) is 0 Å². The summed E-state index contributed by atoms with van der Waals surface area (Å²) in [5, 5.41) is 6.27. The van der Waals surface area contributed by atoms with E-state index in [1.165, 1.54) is 12.1 Å². The van der Waals surface area contributed by atoms with E-state index in [9.17, 15) is 9.18 Å².